The van der Waals surface area contributed by atoms with Gasteiger partial charge in [-0.15, -0.1) is 0 Å². The summed E-state index contributed by atoms with van der Waals surface area (Å²) < 4.78 is 20.5. The molecule has 2 atom stereocenters. The average molecular weight is 435 g/mol. The maximum absolute atomic E-state index is 13.0. The summed E-state index contributed by atoms with van der Waals surface area (Å²) in [6.45, 7) is 1.93. The zero-order valence-electron chi connectivity index (χ0n) is 18.2. The summed E-state index contributed by atoms with van der Waals surface area (Å²) in [4.78, 5) is 13.0. The van der Waals surface area contributed by atoms with Crippen LogP contribution in [-0.2, 0) is 22.6 Å². The van der Waals surface area contributed by atoms with Gasteiger partial charge in [0.15, 0.2) is 12.0 Å². The van der Waals surface area contributed by atoms with Crippen LogP contribution in [-0.4, -0.2) is 24.0 Å². The van der Waals surface area contributed by atoms with Crippen molar-refractivity contribution in [3.63, 3.8) is 0 Å². The van der Waals surface area contributed by atoms with Gasteiger partial charge in [-0.05, 0) is 30.4 Å². The summed E-state index contributed by atoms with van der Waals surface area (Å²) in [7, 11) is 0. The van der Waals surface area contributed by atoms with Gasteiger partial charge in [0.25, 0.3) is 0 Å². The minimum absolute atomic E-state index is 0.182. The first kappa shape index (κ1) is 22.3. The van der Waals surface area contributed by atoms with Gasteiger partial charge in [-0.25, -0.2) is 0 Å². The molecule has 0 spiro atoms. The molecule has 1 aromatic heterocycles. The van der Waals surface area contributed by atoms with E-state index in [-0.39, 0.29) is 24.1 Å². The molecular weight excluding hydrogens is 404 g/mol. The normalized spacial score (nSPS) is 17.1. The molecule has 2 unspecified atom stereocenters. The lowest BCUT2D eigenvalue weighted by Crippen LogP contribution is -2.29. The van der Waals surface area contributed by atoms with Gasteiger partial charge in [-0.1, -0.05) is 60.7 Å². The van der Waals surface area contributed by atoms with Gasteiger partial charge in [-0.2, -0.15) is 0 Å². The van der Waals surface area contributed by atoms with E-state index < -0.39 is 6.10 Å². The Kier molecular flexibility index (Phi) is 7.72. The number of nitrogens with zero attached hydrogens (tertiary/aromatic N) is 1. The monoisotopic (exact) mass is 434 g/mol. The number of pyridine rings is 1. The maximum atomic E-state index is 13.0. The lowest BCUT2D eigenvalue weighted by molar-refractivity contribution is -0.182. The van der Waals surface area contributed by atoms with Crippen molar-refractivity contribution in [3.05, 3.63) is 100.0 Å². The highest BCUT2D eigenvalue weighted by molar-refractivity contribution is 5.37. The third-order valence-corrected chi connectivity index (χ3v) is 5.54. The molecule has 3 aromatic rings. The fraction of sp³-hybridized carbons (Fsp3) is 0.346. The van der Waals surface area contributed by atoms with Crippen LogP contribution >= 0.6 is 0 Å². The van der Waals surface area contributed by atoms with Gasteiger partial charge < -0.3 is 24.5 Å². The van der Waals surface area contributed by atoms with Gasteiger partial charge in [0.1, 0.15) is 12.7 Å². The van der Waals surface area contributed by atoms with Gasteiger partial charge in [0, 0.05) is 32.0 Å². The van der Waals surface area contributed by atoms with Crippen LogP contribution in [0.1, 0.15) is 42.2 Å². The highest BCUT2D eigenvalue weighted by Gasteiger charge is 2.28. The molecule has 32 heavy (non-hydrogen) atoms. The highest BCUT2D eigenvalue weighted by Crippen LogP contribution is 2.34. The second-order valence-corrected chi connectivity index (χ2v) is 7.87. The van der Waals surface area contributed by atoms with Crippen LogP contribution in [0.15, 0.2) is 77.7 Å². The third kappa shape index (κ3) is 5.46. The van der Waals surface area contributed by atoms with Crippen molar-refractivity contribution in [2.45, 2.75) is 44.8 Å². The number of hydrogen-bond donors (Lipinski definition) is 1. The Labute approximate surface area is 188 Å². The van der Waals surface area contributed by atoms with Crippen molar-refractivity contribution in [1.82, 2.24) is 4.57 Å². The molecule has 0 radical (unpaired) electrons. The van der Waals surface area contributed by atoms with Crippen molar-refractivity contribution in [1.29, 1.82) is 0 Å². The third-order valence-electron chi connectivity index (χ3n) is 5.54. The van der Waals surface area contributed by atoms with E-state index in [0.29, 0.717) is 25.4 Å². The lowest BCUT2D eigenvalue weighted by atomic mass is 10.0. The minimum Gasteiger partial charge on any atom is -0.483 e. The van der Waals surface area contributed by atoms with Crippen LogP contribution in [0.5, 0.6) is 5.75 Å². The van der Waals surface area contributed by atoms with E-state index in [1.807, 2.05) is 65.2 Å². The molecule has 1 aliphatic rings. The molecule has 0 saturated carbocycles. The Hall–Kier alpha value is -2.93. The molecule has 2 N–H and O–H groups in total. The van der Waals surface area contributed by atoms with Gasteiger partial charge in [0.2, 0.25) is 5.43 Å². The fourth-order valence-corrected chi connectivity index (χ4v) is 3.95. The summed E-state index contributed by atoms with van der Waals surface area (Å²) in [5.74, 6) is 0.287. The zero-order chi connectivity index (χ0) is 22.2. The fourth-order valence-electron chi connectivity index (χ4n) is 3.95. The van der Waals surface area contributed by atoms with E-state index in [0.717, 1.165) is 30.4 Å². The molecule has 168 valence electrons. The number of rotatable bonds is 9. The van der Waals surface area contributed by atoms with Crippen molar-refractivity contribution in [2.75, 3.05) is 13.2 Å². The van der Waals surface area contributed by atoms with Gasteiger partial charge >= 0.3 is 0 Å². The van der Waals surface area contributed by atoms with Crippen LogP contribution in [0.3, 0.4) is 0 Å². The molecule has 0 aliphatic carbocycles. The molecule has 1 aliphatic heterocycles. The summed E-state index contributed by atoms with van der Waals surface area (Å²) in [5.41, 5.74) is 8.30. The Morgan fingerprint density at radius 2 is 1.78 bits per heavy atom. The first-order valence-electron chi connectivity index (χ1n) is 11.2. The van der Waals surface area contributed by atoms with E-state index in [1.54, 1.807) is 6.20 Å². The molecule has 6 heteroatoms. The second-order valence-electron chi connectivity index (χ2n) is 7.87. The lowest BCUT2D eigenvalue weighted by Gasteiger charge is -2.30. The van der Waals surface area contributed by atoms with Crippen LogP contribution < -0.4 is 15.9 Å². The zero-order valence-corrected chi connectivity index (χ0v) is 18.2. The average Bonchev–Trinajstić information content (AvgIpc) is 2.85. The number of hydrogen-bond acceptors (Lipinski definition) is 5. The van der Waals surface area contributed by atoms with Crippen LogP contribution in [0.2, 0.25) is 0 Å². The van der Waals surface area contributed by atoms with E-state index in [4.69, 9.17) is 19.9 Å². The number of ether oxygens (including phenoxy) is 3. The SMILES string of the molecule is NCCn1ccc(=O)c(OCc2ccccc2)c1C(OC1CCCCO1)c1ccccc1. The molecule has 6 nitrogen and oxygen atoms in total. The largest absolute Gasteiger partial charge is 0.483 e. The van der Waals surface area contributed by atoms with Crippen molar-refractivity contribution in [3.8, 4) is 5.75 Å². The molecule has 0 amide bonds. The molecular formula is C26H30N2O4. The summed E-state index contributed by atoms with van der Waals surface area (Å²) in [6, 6.07) is 21.2. The van der Waals surface area contributed by atoms with E-state index in [9.17, 15) is 4.79 Å². The highest BCUT2D eigenvalue weighted by atomic mass is 16.7. The molecule has 1 saturated heterocycles. The van der Waals surface area contributed by atoms with E-state index in [2.05, 4.69) is 0 Å². The van der Waals surface area contributed by atoms with Crippen LogP contribution in [0.4, 0.5) is 0 Å². The predicted molar refractivity (Wildman–Crippen MR) is 123 cm³/mol. The topological polar surface area (TPSA) is 75.7 Å². The summed E-state index contributed by atoms with van der Waals surface area (Å²) in [6.07, 6.45) is 3.81. The quantitative estimate of drug-likeness (QED) is 0.551. The van der Waals surface area contributed by atoms with Gasteiger partial charge in [0.05, 0.1) is 5.69 Å². The molecule has 2 heterocycles. The van der Waals surface area contributed by atoms with Crippen LogP contribution in [0, 0.1) is 0 Å². The van der Waals surface area contributed by atoms with Crippen LogP contribution in [0.25, 0.3) is 0 Å². The van der Waals surface area contributed by atoms with Crippen molar-refractivity contribution >= 4 is 0 Å². The van der Waals surface area contributed by atoms with Crippen molar-refractivity contribution < 1.29 is 14.2 Å². The van der Waals surface area contributed by atoms with Crippen molar-refractivity contribution in [2.24, 2.45) is 5.73 Å². The number of benzene rings is 2. The predicted octanol–water partition coefficient (Wildman–Crippen LogP) is 4.02. The minimum atomic E-state index is -0.523. The first-order valence-corrected chi connectivity index (χ1v) is 11.2. The standard InChI is InChI=1S/C26H30N2O4/c27-15-17-28-16-14-22(29)26(31-19-20-9-3-1-4-10-20)24(28)25(21-11-5-2-6-12-21)32-23-13-7-8-18-30-23/h1-6,9-12,14,16,23,25H,7-8,13,15,17-19,27H2. The van der Waals surface area contributed by atoms with Gasteiger partial charge in [-0.3, -0.25) is 4.79 Å². The summed E-state index contributed by atoms with van der Waals surface area (Å²) in [5, 5.41) is 0. The number of nitrogens with two attached hydrogens (primary N) is 1. The molecule has 2 aromatic carbocycles. The Bertz CT molecular complexity index is 1030. The number of aromatic nitrogens is 1. The molecule has 4 rings (SSSR count). The second kappa shape index (κ2) is 11.1. The summed E-state index contributed by atoms with van der Waals surface area (Å²) >= 11 is 0. The van der Waals surface area contributed by atoms with E-state index >= 15 is 0 Å². The molecule has 1 fully saturated rings. The Morgan fingerprint density at radius 3 is 2.47 bits per heavy atom. The maximum Gasteiger partial charge on any atom is 0.223 e. The molecule has 0 bridgehead atoms. The Morgan fingerprint density at radius 1 is 1.03 bits per heavy atom. The van der Waals surface area contributed by atoms with E-state index in [1.165, 1.54) is 6.07 Å². The first-order chi connectivity index (χ1) is 15.8. The smallest absolute Gasteiger partial charge is 0.223 e. The Balaban J connectivity index is 1.76.